The number of thioether (sulfide) groups is 1. The second-order valence-corrected chi connectivity index (χ2v) is 7.77. The molecular weight excluding hydrogens is 429 g/mol. The highest BCUT2D eigenvalue weighted by molar-refractivity contribution is 8.01. The van der Waals surface area contributed by atoms with E-state index >= 15 is 0 Å². The number of carbonyl (C=O) groups is 3. The Labute approximate surface area is 181 Å². The van der Waals surface area contributed by atoms with Crippen LogP contribution >= 0.6 is 11.8 Å². The number of hydrogen-bond acceptors (Lipinski definition) is 7. The third-order valence-electron chi connectivity index (χ3n) is 3.91. The maximum Gasteiger partial charge on any atom is 0.319 e. The number of hydrogen-bond donors (Lipinski definition) is 2. The molecule has 2 amide bonds. The second-order valence-electron chi connectivity index (χ2n) is 6.44. The number of amides is 2. The minimum atomic E-state index is -0.867. The summed E-state index contributed by atoms with van der Waals surface area (Å²) in [6.45, 7) is 2.74. The molecule has 2 rings (SSSR count). The van der Waals surface area contributed by atoms with Gasteiger partial charge >= 0.3 is 5.97 Å². The Bertz CT molecular complexity index is 983. The lowest BCUT2D eigenvalue weighted by Crippen LogP contribution is -2.26. The molecule has 11 heteroatoms. The summed E-state index contributed by atoms with van der Waals surface area (Å²) in [4.78, 5) is 45.8. The van der Waals surface area contributed by atoms with E-state index in [1.165, 1.54) is 6.92 Å². The number of nitrogens with zero attached hydrogens (tertiary/aromatic N) is 1. The van der Waals surface area contributed by atoms with Crippen molar-refractivity contribution in [3.8, 4) is 0 Å². The van der Waals surface area contributed by atoms with Crippen molar-refractivity contribution in [1.82, 2.24) is 0 Å². The molecule has 1 atom stereocenters. The van der Waals surface area contributed by atoms with Gasteiger partial charge in [-0.1, -0.05) is 17.7 Å². The normalized spacial score (nSPS) is 11.3. The number of nitro benzene ring substituents is 1. The van der Waals surface area contributed by atoms with Crippen molar-refractivity contribution < 1.29 is 28.4 Å². The quantitative estimate of drug-likeness (QED) is 0.342. The van der Waals surface area contributed by atoms with Gasteiger partial charge in [0.2, 0.25) is 5.91 Å². The van der Waals surface area contributed by atoms with Crippen LogP contribution in [0.3, 0.4) is 0 Å². The smallest absolute Gasteiger partial charge is 0.319 e. The molecule has 0 fully saturated rings. The summed E-state index contributed by atoms with van der Waals surface area (Å²) in [5.74, 6) is -2.76. The largest absolute Gasteiger partial charge is 0.455 e. The molecule has 31 heavy (non-hydrogen) atoms. The van der Waals surface area contributed by atoms with Gasteiger partial charge in [0.05, 0.1) is 16.4 Å². The number of ether oxygens (including phenoxy) is 1. The molecule has 0 aromatic heterocycles. The van der Waals surface area contributed by atoms with Crippen LogP contribution in [0.25, 0.3) is 0 Å². The number of esters is 1. The number of nitrogens with one attached hydrogen (secondary N) is 2. The summed E-state index contributed by atoms with van der Waals surface area (Å²) in [5.41, 5.74) is 0.894. The number of halogens is 1. The van der Waals surface area contributed by atoms with Crippen molar-refractivity contribution in [3.05, 3.63) is 64.0 Å². The van der Waals surface area contributed by atoms with Gasteiger partial charge in [-0.05, 0) is 32.0 Å². The van der Waals surface area contributed by atoms with E-state index in [9.17, 15) is 28.9 Å². The van der Waals surface area contributed by atoms with Crippen LogP contribution in [0.1, 0.15) is 12.5 Å². The predicted molar refractivity (Wildman–Crippen MR) is 114 cm³/mol. The molecule has 0 radical (unpaired) electrons. The maximum absolute atomic E-state index is 13.7. The van der Waals surface area contributed by atoms with E-state index in [1.54, 1.807) is 12.1 Å². The average molecular weight is 449 g/mol. The lowest BCUT2D eigenvalue weighted by molar-refractivity contribution is -0.384. The molecular formula is C20H20FN3O6S. The van der Waals surface area contributed by atoms with E-state index in [-0.39, 0.29) is 11.7 Å². The predicted octanol–water partition coefficient (Wildman–Crippen LogP) is 3.28. The fourth-order valence-electron chi connectivity index (χ4n) is 2.27. The lowest BCUT2D eigenvalue weighted by atomic mass is 10.2. The van der Waals surface area contributed by atoms with Gasteiger partial charge in [0.25, 0.3) is 11.6 Å². The Morgan fingerprint density at radius 2 is 1.81 bits per heavy atom. The van der Waals surface area contributed by atoms with Crippen molar-refractivity contribution in [3.63, 3.8) is 0 Å². The highest BCUT2D eigenvalue weighted by atomic mass is 32.2. The van der Waals surface area contributed by atoms with Gasteiger partial charge in [-0.25, -0.2) is 4.39 Å². The van der Waals surface area contributed by atoms with Crippen LogP contribution in [0.15, 0.2) is 42.5 Å². The Balaban J connectivity index is 1.76. The van der Waals surface area contributed by atoms with Crippen LogP contribution in [-0.4, -0.2) is 40.3 Å². The molecule has 0 saturated heterocycles. The molecule has 2 N–H and O–H groups in total. The second kappa shape index (κ2) is 11.1. The highest BCUT2D eigenvalue weighted by Gasteiger charge is 2.19. The van der Waals surface area contributed by atoms with Gasteiger partial charge in [-0.15, -0.1) is 11.8 Å². The lowest BCUT2D eigenvalue weighted by Gasteiger charge is -2.12. The topological polar surface area (TPSA) is 128 Å². The molecule has 0 aliphatic rings. The van der Waals surface area contributed by atoms with Gasteiger partial charge in [0.1, 0.15) is 11.1 Å². The average Bonchev–Trinajstić information content (AvgIpc) is 2.73. The van der Waals surface area contributed by atoms with Crippen LogP contribution < -0.4 is 10.6 Å². The summed E-state index contributed by atoms with van der Waals surface area (Å²) in [6.07, 6.45) is 0. The molecule has 0 aliphatic heterocycles. The van der Waals surface area contributed by atoms with Crippen LogP contribution in [0, 0.1) is 22.9 Å². The number of nitro groups is 1. The molecule has 9 nitrogen and oxygen atoms in total. The molecule has 2 aromatic carbocycles. The van der Waals surface area contributed by atoms with E-state index in [2.05, 4.69) is 10.6 Å². The van der Waals surface area contributed by atoms with Crippen molar-refractivity contribution >= 4 is 46.6 Å². The van der Waals surface area contributed by atoms with E-state index < -0.39 is 45.8 Å². The first-order chi connectivity index (χ1) is 14.7. The van der Waals surface area contributed by atoms with Crippen LogP contribution in [0.4, 0.5) is 21.5 Å². The Morgan fingerprint density at radius 1 is 1.13 bits per heavy atom. The molecule has 0 spiro atoms. The van der Waals surface area contributed by atoms with E-state index in [0.717, 1.165) is 35.5 Å². The summed E-state index contributed by atoms with van der Waals surface area (Å²) in [7, 11) is 0. The van der Waals surface area contributed by atoms with Crippen LogP contribution in [0.5, 0.6) is 0 Å². The standard InChI is InChI=1S/C20H20FN3O6S/c1-12-3-5-14(6-4-12)22-19(26)11-31-13(2)20(27)30-10-18(25)23-17-9-15(24(28)29)7-8-16(17)21/h3-9,13H,10-11H2,1-2H3,(H,22,26)(H,23,25)/t13-/m0/s1. The van der Waals surface area contributed by atoms with Crippen molar-refractivity contribution in [2.45, 2.75) is 19.1 Å². The molecule has 0 heterocycles. The molecule has 0 aliphatic carbocycles. The minimum Gasteiger partial charge on any atom is -0.455 e. The Hall–Kier alpha value is -3.47. The molecule has 164 valence electrons. The fourth-order valence-corrected chi connectivity index (χ4v) is 2.94. The van der Waals surface area contributed by atoms with Gasteiger partial charge in [-0.2, -0.15) is 0 Å². The SMILES string of the molecule is Cc1ccc(NC(=O)CS[C@@H](C)C(=O)OCC(=O)Nc2cc([N+](=O)[O-])ccc2F)cc1. The minimum absolute atomic E-state index is 0.00473. The first-order valence-corrected chi connectivity index (χ1v) is 10.1. The van der Waals surface area contributed by atoms with Crippen molar-refractivity contribution in [1.29, 1.82) is 0 Å². The number of non-ortho nitro benzene ring substituents is 1. The summed E-state index contributed by atoms with van der Waals surface area (Å²) in [5, 5.41) is 14.8. The van der Waals surface area contributed by atoms with E-state index in [4.69, 9.17) is 4.74 Å². The molecule has 0 saturated carbocycles. The van der Waals surface area contributed by atoms with Crippen LogP contribution in [-0.2, 0) is 19.1 Å². The van der Waals surface area contributed by atoms with E-state index in [1.807, 2.05) is 19.1 Å². The van der Waals surface area contributed by atoms with Crippen LogP contribution in [0.2, 0.25) is 0 Å². The first-order valence-electron chi connectivity index (χ1n) is 9.04. The molecule has 0 unspecified atom stereocenters. The Kier molecular flexibility index (Phi) is 8.50. The van der Waals surface area contributed by atoms with Gasteiger partial charge in [0.15, 0.2) is 6.61 Å². The first kappa shape index (κ1) is 23.8. The molecule has 2 aromatic rings. The van der Waals surface area contributed by atoms with Gasteiger partial charge in [-0.3, -0.25) is 24.5 Å². The maximum atomic E-state index is 13.7. The molecule has 0 bridgehead atoms. The zero-order chi connectivity index (χ0) is 23.0. The third-order valence-corrected chi connectivity index (χ3v) is 5.03. The fraction of sp³-hybridized carbons (Fsp3) is 0.250. The van der Waals surface area contributed by atoms with E-state index in [0.29, 0.717) is 5.69 Å². The van der Waals surface area contributed by atoms with Crippen molar-refractivity contribution in [2.24, 2.45) is 0 Å². The number of anilines is 2. The number of carbonyl (C=O) groups excluding carboxylic acids is 3. The number of aryl methyl sites for hydroxylation is 1. The Morgan fingerprint density at radius 3 is 2.45 bits per heavy atom. The summed E-state index contributed by atoms with van der Waals surface area (Å²) < 4.78 is 18.5. The number of benzene rings is 2. The highest BCUT2D eigenvalue weighted by Crippen LogP contribution is 2.21. The monoisotopic (exact) mass is 449 g/mol. The van der Waals surface area contributed by atoms with Gasteiger partial charge < -0.3 is 15.4 Å². The number of rotatable bonds is 9. The van der Waals surface area contributed by atoms with Gasteiger partial charge in [0, 0.05) is 17.8 Å². The third kappa shape index (κ3) is 7.70. The zero-order valence-corrected chi connectivity index (χ0v) is 17.5. The van der Waals surface area contributed by atoms with Crippen molar-refractivity contribution in [2.75, 3.05) is 23.0 Å². The zero-order valence-electron chi connectivity index (χ0n) is 16.7. The summed E-state index contributed by atoms with van der Waals surface area (Å²) in [6, 6.07) is 9.90. The summed E-state index contributed by atoms with van der Waals surface area (Å²) >= 11 is 1.03.